The fourth-order valence-electron chi connectivity index (χ4n) is 3.87. The fourth-order valence-corrected chi connectivity index (χ4v) is 5.16. The van der Waals surface area contributed by atoms with Crippen LogP contribution in [0, 0.1) is 5.92 Å². The van der Waals surface area contributed by atoms with Gasteiger partial charge in [0, 0.05) is 19.0 Å². The Morgan fingerprint density at radius 1 is 1.21 bits per heavy atom. The molecule has 0 spiro atoms. The zero-order chi connectivity index (χ0) is 20.1. The number of methoxy groups -OCH3 is 1. The largest absolute Gasteiger partial charge is 0.494 e. The van der Waals surface area contributed by atoms with Gasteiger partial charge in [0.15, 0.2) is 5.13 Å². The quantitative estimate of drug-likeness (QED) is 0.512. The fraction of sp³-hybridized carbons (Fsp3) is 0.619. The molecule has 1 aliphatic carbocycles. The minimum absolute atomic E-state index is 0. The van der Waals surface area contributed by atoms with Crippen molar-refractivity contribution in [3.8, 4) is 5.75 Å². The van der Waals surface area contributed by atoms with E-state index >= 15 is 0 Å². The van der Waals surface area contributed by atoms with Crippen molar-refractivity contribution in [3.05, 3.63) is 17.2 Å². The first kappa shape index (κ1) is 24.2. The lowest BCUT2D eigenvalue weighted by Crippen LogP contribution is -2.42. The molecular weight excluding hydrogens is 429 g/mol. The number of hydrogen-bond donors (Lipinski definition) is 0. The summed E-state index contributed by atoms with van der Waals surface area (Å²) in [7, 11) is 1.63. The summed E-state index contributed by atoms with van der Waals surface area (Å²) in [5, 5.41) is 1.37. The molecule has 1 fully saturated rings. The van der Waals surface area contributed by atoms with Gasteiger partial charge in [-0.05, 0) is 38.1 Å². The molecule has 1 aromatic carbocycles. The van der Waals surface area contributed by atoms with Gasteiger partial charge in [0.05, 0.1) is 16.8 Å². The second-order valence-electron chi connectivity index (χ2n) is 7.28. The van der Waals surface area contributed by atoms with Crippen molar-refractivity contribution in [2.75, 3.05) is 38.2 Å². The Balaban J connectivity index is 0.00000300. The van der Waals surface area contributed by atoms with E-state index in [0.717, 1.165) is 60.7 Å². The number of ether oxygens (including phenoxy) is 1. The third kappa shape index (κ3) is 5.54. The Bertz CT molecular complexity index is 805. The molecule has 0 radical (unpaired) electrons. The van der Waals surface area contributed by atoms with Gasteiger partial charge < -0.3 is 9.64 Å². The molecular formula is C21H31Cl2N3O2S. The Morgan fingerprint density at radius 3 is 2.52 bits per heavy atom. The lowest BCUT2D eigenvalue weighted by molar-refractivity contribution is -0.123. The highest BCUT2D eigenvalue weighted by molar-refractivity contribution is 7.23. The maximum absolute atomic E-state index is 13.4. The van der Waals surface area contributed by atoms with Gasteiger partial charge in [0.2, 0.25) is 5.91 Å². The molecule has 1 aliphatic rings. The van der Waals surface area contributed by atoms with Crippen LogP contribution in [0.25, 0.3) is 10.2 Å². The van der Waals surface area contributed by atoms with Crippen LogP contribution >= 0.6 is 35.3 Å². The molecule has 1 amide bonds. The number of anilines is 1. The number of fused-ring (bicyclic) bond motifs is 1. The van der Waals surface area contributed by atoms with Crippen LogP contribution in [0.2, 0.25) is 5.02 Å². The van der Waals surface area contributed by atoms with Crippen LogP contribution < -0.4 is 9.64 Å². The monoisotopic (exact) mass is 459 g/mol. The molecule has 29 heavy (non-hydrogen) atoms. The van der Waals surface area contributed by atoms with E-state index < -0.39 is 0 Å². The van der Waals surface area contributed by atoms with Crippen molar-refractivity contribution in [1.29, 1.82) is 0 Å². The number of hydrogen-bond acceptors (Lipinski definition) is 5. The van der Waals surface area contributed by atoms with Crippen molar-refractivity contribution >= 4 is 56.6 Å². The second-order valence-corrected chi connectivity index (χ2v) is 8.66. The second kappa shape index (κ2) is 11.3. The van der Waals surface area contributed by atoms with Gasteiger partial charge in [0.1, 0.15) is 11.3 Å². The molecule has 0 aliphatic heterocycles. The van der Waals surface area contributed by atoms with Crippen molar-refractivity contribution < 1.29 is 9.53 Å². The van der Waals surface area contributed by atoms with E-state index in [4.69, 9.17) is 21.3 Å². The zero-order valence-corrected chi connectivity index (χ0v) is 19.8. The summed E-state index contributed by atoms with van der Waals surface area (Å²) in [4.78, 5) is 22.4. The van der Waals surface area contributed by atoms with Crippen LogP contribution in [0.1, 0.15) is 46.0 Å². The number of aromatic nitrogens is 1. The van der Waals surface area contributed by atoms with E-state index in [2.05, 4.69) is 18.7 Å². The van der Waals surface area contributed by atoms with Gasteiger partial charge in [-0.2, -0.15) is 0 Å². The van der Waals surface area contributed by atoms with Crippen LogP contribution in [-0.4, -0.2) is 49.1 Å². The summed E-state index contributed by atoms with van der Waals surface area (Å²) in [5.74, 6) is 1.01. The van der Waals surface area contributed by atoms with Gasteiger partial charge in [-0.25, -0.2) is 4.98 Å². The lowest BCUT2D eigenvalue weighted by atomic mass is 9.88. The molecule has 0 saturated heterocycles. The maximum atomic E-state index is 13.4. The van der Waals surface area contributed by atoms with Gasteiger partial charge >= 0.3 is 0 Å². The van der Waals surface area contributed by atoms with E-state index in [1.54, 1.807) is 7.11 Å². The first-order valence-electron chi connectivity index (χ1n) is 10.3. The summed E-state index contributed by atoms with van der Waals surface area (Å²) < 4.78 is 6.33. The van der Waals surface area contributed by atoms with Crippen molar-refractivity contribution in [1.82, 2.24) is 9.88 Å². The Hall–Kier alpha value is -1.08. The number of amides is 1. The lowest BCUT2D eigenvalue weighted by Gasteiger charge is -2.29. The third-order valence-electron chi connectivity index (χ3n) is 5.65. The van der Waals surface area contributed by atoms with E-state index in [-0.39, 0.29) is 24.2 Å². The molecule has 1 aromatic heterocycles. The van der Waals surface area contributed by atoms with E-state index in [1.807, 2.05) is 17.0 Å². The van der Waals surface area contributed by atoms with Crippen LogP contribution in [0.4, 0.5) is 5.13 Å². The molecule has 3 rings (SSSR count). The molecule has 162 valence electrons. The maximum Gasteiger partial charge on any atom is 0.231 e. The van der Waals surface area contributed by atoms with Gasteiger partial charge in [-0.15, -0.1) is 12.4 Å². The number of rotatable bonds is 8. The summed E-state index contributed by atoms with van der Waals surface area (Å²) >= 11 is 7.89. The topological polar surface area (TPSA) is 45.7 Å². The standard InChI is InChI=1S/C21H30ClN3O2S.ClH/c1-4-24(5-2)13-14-25(20(26)15-9-7-6-8-10-15)21-23-18-17(27-3)12-11-16(22)19(18)28-21;/h11-12,15H,4-10,13-14H2,1-3H3;1H. The van der Waals surface area contributed by atoms with Crippen LogP contribution in [-0.2, 0) is 4.79 Å². The van der Waals surface area contributed by atoms with Gasteiger partial charge in [0.25, 0.3) is 0 Å². The van der Waals surface area contributed by atoms with Crippen LogP contribution in [0.5, 0.6) is 5.75 Å². The first-order valence-corrected chi connectivity index (χ1v) is 11.4. The summed E-state index contributed by atoms with van der Waals surface area (Å²) in [6.07, 6.45) is 5.47. The molecule has 5 nitrogen and oxygen atoms in total. The highest BCUT2D eigenvalue weighted by Crippen LogP contribution is 2.39. The van der Waals surface area contributed by atoms with E-state index in [1.165, 1.54) is 17.8 Å². The Labute approximate surface area is 188 Å². The minimum atomic E-state index is 0. The zero-order valence-electron chi connectivity index (χ0n) is 17.4. The SMILES string of the molecule is CCN(CC)CCN(C(=O)C1CCCCC1)c1nc2c(OC)ccc(Cl)c2s1.Cl. The number of halogens is 2. The number of nitrogens with zero attached hydrogens (tertiary/aromatic N) is 3. The average molecular weight is 460 g/mol. The van der Waals surface area contributed by atoms with Gasteiger partial charge in [-0.1, -0.05) is 56.0 Å². The normalized spacial score (nSPS) is 14.8. The molecule has 8 heteroatoms. The van der Waals surface area contributed by atoms with E-state index in [9.17, 15) is 4.79 Å². The molecule has 2 aromatic rings. The molecule has 1 heterocycles. The predicted octanol–water partition coefficient (Wildman–Crippen LogP) is 5.64. The van der Waals surface area contributed by atoms with Crippen LogP contribution in [0.3, 0.4) is 0 Å². The van der Waals surface area contributed by atoms with Gasteiger partial charge in [-0.3, -0.25) is 9.69 Å². The molecule has 0 atom stereocenters. The number of carbonyl (C=O) groups excluding carboxylic acids is 1. The van der Waals surface area contributed by atoms with Crippen molar-refractivity contribution in [2.24, 2.45) is 5.92 Å². The van der Waals surface area contributed by atoms with Crippen molar-refractivity contribution in [2.45, 2.75) is 46.0 Å². The minimum Gasteiger partial charge on any atom is -0.494 e. The van der Waals surface area contributed by atoms with Crippen molar-refractivity contribution in [3.63, 3.8) is 0 Å². The molecule has 0 bridgehead atoms. The number of benzene rings is 1. The number of carbonyl (C=O) groups is 1. The smallest absolute Gasteiger partial charge is 0.231 e. The highest BCUT2D eigenvalue weighted by atomic mass is 35.5. The third-order valence-corrected chi connectivity index (χ3v) is 7.19. The van der Waals surface area contributed by atoms with E-state index in [0.29, 0.717) is 17.3 Å². The average Bonchev–Trinajstić information content (AvgIpc) is 3.18. The number of likely N-dealkylation sites (N-methyl/N-ethyl adjacent to an activating group) is 1. The Morgan fingerprint density at radius 2 is 1.90 bits per heavy atom. The Kier molecular flexibility index (Phi) is 9.47. The molecule has 0 unspecified atom stereocenters. The summed E-state index contributed by atoms with van der Waals surface area (Å²) in [6, 6.07) is 3.66. The highest BCUT2D eigenvalue weighted by Gasteiger charge is 2.29. The molecule has 0 N–H and O–H groups in total. The predicted molar refractivity (Wildman–Crippen MR) is 125 cm³/mol. The summed E-state index contributed by atoms with van der Waals surface area (Å²) in [6.45, 7) is 7.74. The first-order chi connectivity index (χ1) is 13.6. The number of thiazole rings is 1. The molecule has 1 saturated carbocycles. The van der Waals surface area contributed by atoms with Crippen LogP contribution in [0.15, 0.2) is 12.1 Å². The summed E-state index contributed by atoms with van der Waals surface area (Å²) in [5.41, 5.74) is 0.735.